The molecular formula is C22H26NSi+. The second kappa shape index (κ2) is 5.85. The molecule has 1 saturated heterocycles. The SMILES string of the molecule is Cc1ccccc1-c1c2ccc([Si]3(C)CCCC3)cc2cc[n+]1C. The second-order valence-electron chi connectivity index (χ2n) is 7.66. The third-order valence-corrected chi connectivity index (χ3v) is 10.6. The molecule has 1 aliphatic rings. The van der Waals surface area contributed by atoms with Crippen molar-refractivity contribution < 1.29 is 4.57 Å². The summed E-state index contributed by atoms with van der Waals surface area (Å²) in [6.07, 6.45) is 5.07. The Morgan fingerprint density at radius 1 is 0.958 bits per heavy atom. The highest BCUT2D eigenvalue weighted by Crippen LogP contribution is 2.32. The zero-order chi connectivity index (χ0) is 16.7. The van der Waals surface area contributed by atoms with Gasteiger partial charge in [0.2, 0.25) is 5.69 Å². The van der Waals surface area contributed by atoms with Gasteiger partial charge in [-0.15, -0.1) is 0 Å². The molecule has 0 bridgehead atoms. The lowest BCUT2D eigenvalue weighted by molar-refractivity contribution is -0.659. The Balaban J connectivity index is 1.92. The molecule has 0 spiro atoms. The highest BCUT2D eigenvalue weighted by Gasteiger charge is 2.33. The van der Waals surface area contributed by atoms with Gasteiger partial charge in [-0.05, 0) is 30.0 Å². The van der Waals surface area contributed by atoms with Gasteiger partial charge >= 0.3 is 0 Å². The molecule has 2 aromatic carbocycles. The van der Waals surface area contributed by atoms with Gasteiger partial charge in [0.15, 0.2) is 6.20 Å². The van der Waals surface area contributed by atoms with E-state index in [-0.39, 0.29) is 0 Å². The molecule has 1 aliphatic heterocycles. The summed E-state index contributed by atoms with van der Waals surface area (Å²) in [6.45, 7) is 4.78. The minimum absolute atomic E-state index is 1.21. The van der Waals surface area contributed by atoms with Crippen LogP contribution in [-0.2, 0) is 7.05 Å². The van der Waals surface area contributed by atoms with E-state index in [1.165, 1.54) is 52.5 Å². The normalized spacial score (nSPS) is 16.6. The molecule has 4 rings (SSSR count). The number of fused-ring (bicyclic) bond motifs is 1. The van der Waals surface area contributed by atoms with Crippen molar-refractivity contribution in [1.82, 2.24) is 0 Å². The summed E-state index contributed by atoms with van der Waals surface area (Å²) in [7, 11) is 0.947. The molecule has 2 heteroatoms. The average Bonchev–Trinajstić information content (AvgIpc) is 3.03. The van der Waals surface area contributed by atoms with Gasteiger partial charge in [-0.2, -0.15) is 0 Å². The Bertz CT molecular complexity index is 907. The van der Waals surface area contributed by atoms with Crippen molar-refractivity contribution in [2.24, 2.45) is 7.05 Å². The quantitative estimate of drug-likeness (QED) is 0.472. The van der Waals surface area contributed by atoms with Gasteiger partial charge in [0.25, 0.3) is 0 Å². The van der Waals surface area contributed by atoms with Gasteiger partial charge in [0, 0.05) is 11.6 Å². The van der Waals surface area contributed by atoms with Crippen LogP contribution in [0.25, 0.3) is 22.0 Å². The molecule has 1 fully saturated rings. The molecule has 2 heterocycles. The lowest BCUT2D eigenvalue weighted by Crippen LogP contribution is -2.41. The third-order valence-electron chi connectivity index (χ3n) is 5.94. The van der Waals surface area contributed by atoms with E-state index in [2.05, 4.69) is 79.8 Å². The molecule has 0 saturated carbocycles. The standard InChI is InChI=1S/C22H26NSi/c1-17-8-4-5-9-20(17)22-21-11-10-19(24(3)14-6-7-15-24)16-18(21)12-13-23(22)2/h4-5,8-13,16H,6-7,14-15H2,1-3H3/q+1. The Kier molecular flexibility index (Phi) is 3.80. The molecule has 0 unspecified atom stereocenters. The first kappa shape index (κ1) is 15.6. The first-order valence-corrected chi connectivity index (χ1v) is 12.0. The lowest BCUT2D eigenvalue weighted by atomic mass is 10.00. The summed E-state index contributed by atoms with van der Waals surface area (Å²) >= 11 is 0. The molecule has 0 N–H and O–H groups in total. The van der Waals surface area contributed by atoms with Crippen LogP contribution in [0, 0.1) is 6.92 Å². The van der Waals surface area contributed by atoms with E-state index in [0.29, 0.717) is 0 Å². The van der Waals surface area contributed by atoms with E-state index in [4.69, 9.17) is 0 Å². The van der Waals surface area contributed by atoms with Gasteiger partial charge in [0.1, 0.15) is 7.05 Å². The van der Waals surface area contributed by atoms with E-state index in [9.17, 15) is 0 Å². The fraction of sp³-hybridized carbons (Fsp3) is 0.318. The third kappa shape index (κ3) is 2.50. The van der Waals surface area contributed by atoms with Crippen LogP contribution in [0.4, 0.5) is 0 Å². The number of rotatable bonds is 2. The maximum Gasteiger partial charge on any atom is 0.220 e. The summed E-state index contributed by atoms with van der Waals surface area (Å²) in [5.41, 5.74) is 4.00. The maximum absolute atomic E-state index is 2.58. The van der Waals surface area contributed by atoms with Crippen molar-refractivity contribution in [2.75, 3.05) is 0 Å². The summed E-state index contributed by atoms with van der Waals surface area (Å²) in [5.74, 6) is 0. The van der Waals surface area contributed by atoms with Crippen LogP contribution in [0.5, 0.6) is 0 Å². The zero-order valence-electron chi connectivity index (χ0n) is 15.0. The number of nitrogens with zero attached hydrogens (tertiary/aromatic N) is 1. The largest absolute Gasteiger partial charge is 0.220 e. The Hall–Kier alpha value is -1.93. The summed E-state index contributed by atoms with van der Waals surface area (Å²) in [5, 5.41) is 4.41. The molecule has 3 aromatic rings. The minimum atomic E-state index is -1.21. The Labute approximate surface area is 146 Å². The van der Waals surface area contributed by atoms with E-state index < -0.39 is 8.07 Å². The minimum Gasteiger partial charge on any atom is -0.200 e. The van der Waals surface area contributed by atoms with Gasteiger partial charge in [-0.3, -0.25) is 0 Å². The van der Waals surface area contributed by atoms with Crippen molar-refractivity contribution in [3.63, 3.8) is 0 Å². The first-order valence-electron chi connectivity index (χ1n) is 9.07. The number of hydrogen-bond acceptors (Lipinski definition) is 0. The van der Waals surface area contributed by atoms with E-state index in [1.54, 1.807) is 5.19 Å². The average molecular weight is 333 g/mol. The van der Waals surface area contributed by atoms with E-state index >= 15 is 0 Å². The summed E-state index contributed by atoms with van der Waals surface area (Å²) < 4.78 is 2.26. The van der Waals surface area contributed by atoms with E-state index in [0.717, 1.165) is 0 Å². The van der Waals surface area contributed by atoms with Gasteiger partial charge in [-0.1, -0.05) is 67.0 Å². The molecule has 1 aromatic heterocycles. The number of pyridine rings is 1. The monoisotopic (exact) mass is 332 g/mol. The van der Waals surface area contributed by atoms with Crippen molar-refractivity contribution in [1.29, 1.82) is 0 Å². The molecule has 122 valence electrons. The highest BCUT2D eigenvalue weighted by atomic mass is 28.3. The fourth-order valence-electron chi connectivity index (χ4n) is 4.37. The predicted molar refractivity (Wildman–Crippen MR) is 105 cm³/mol. The van der Waals surface area contributed by atoms with Crippen molar-refractivity contribution in [3.8, 4) is 11.3 Å². The van der Waals surface area contributed by atoms with Crippen molar-refractivity contribution in [3.05, 3.63) is 60.3 Å². The molecule has 24 heavy (non-hydrogen) atoms. The van der Waals surface area contributed by atoms with Crippen molar-refractivity contribution >= 4 is 24.0 Å². The number of hydrogen-bond donors (Lipinski definition) is 0. The van der Waals surface area contributed by atoms with Crippen LogP contribution >= 0.6 is 0 Å². The van der Waals surface area contributed by atoms with Crippen molar-refractivity contribution in [2.45, 2.75) is 38.4 Å². The van der Waals surface area contributed by atoms with Crippen LogP contribution in [0.1, 0.15) is 18.4 Å². The van der Waals surface area contributed by atoms with E-state index in [1.807, 2.05) is 0 Å². The molecular weight excluding hydrogens is 306 g/mol. The van der Waals surface area contributed by atoms with Crippen LogP contribution in [0.2, 0.25) is 18.6 Å². The van der Waals surface area contributed by atoms with Gasteiger partial charge in [-0.25, -0.2) is 4.57 Å². The van der Waals surface area contributed by atoms with Gasteiger partial charge < -0.3 is 0 Å². The molecule has 0 atom stereocenters. The molecule has 1 nitrogen and oxygen atoms in total. The fourth-order valence-corrected chi connectivity index (χ4v) is 8.24. The summed E-state index contributed by atoms with van der Waals surface area (Å²) in [4.78, 5) is 0. The predicted octanol–water partition coefficient (Wildman–Crippen LogP) is 4.72. The first-order chi connectivity index (χ1) is 11.6. The van der Waals surface area contributed by atoms with Crippen LogP contribution < -0.4 is 9.75 Å². The number of aryl methyl sites for hydroxylation is 2. The number of benzene rings is 2. The topological polar surface area (TPSA) is 3.88 Å². The Morgan fingerprint density at radius 3 is 2.46 bits per heavy atom. The highest BCUT2D eigenvalue weighted by molar-refractivity contribution is 6.91. The smallest absolute Gasteiger partial charge is 0.200 e. The van der Waals surface area contributed by atoms with Crippen LogP contribution in [0.15, 0.2) is 54.7 Å². The zero-order valence-corrected chi connectivity index (χ0v) is 16.0. The van der Waals surface area contributed by atoms with Crippen LogP contribution in [-0.4, -0.2) is 8.07 Å². The molecule has 0 radical (unpaired) electrons. The molecule has 0 aliphatic carbocycles. The second-order valence-corrected chi connectivity index (χ2v) is 12.4. The summed E-state index contributed by atoms with van der Waals surface area (Å²) in [6, 6.07) is 21.2. The van der Waals surface area contributed by atoms with Crippen LogP contribution in [0.3, 0.4) is 0 Å². The maximum atomic E-state index is 2.58. The molecule has 0 amide bonds. The van der Waals surface area contributed by atoms with Gasteiger partial charge in [0.05, 0.1) is 13.5 Å². The Morgan fingerprint density at radius 2 is 1.71 bits per heavy atom. The number of aromatic nitrogens is 1. The lowest BCUT2D eigenvalue weighted by Gasteiger charge is -2.22.